The van der Waals surface area contributed by atoms with Crippen LogP contribution in [0.3, 0.4) is 0 Å². The van der Waals surface area contributed by atoms with E-state index in [9.17, 15) is 4.79 Å². The number of hydrogen-bond donors (Lipinski definition) is 1. The zero-order chi connectivity index (χ0) is 13.5. The lowest BCUT2D eigenvalue weighted by Crippen LogP contribution is -2.41. The van der Waals surface area contributed by atoms with E-state index < -0.39 is 0 Å². The average Bonchev–Trinajstić information content (AvgIpc) is 2.48. The Hall–Kier alpha value is -2.06. The first-order valence-corrected chi connectivity index (χ1v) is 6.39. The minimum absolute atomic E-state index is 0.146. The molecule has 0 unspecified atom stereocenters. The summed E-state index contributed by atoms with van der Waals surface area (Å²) in [7, 11) is 0. The zero-order valence-corrected chi connectivity index (χ0v) is 10.8. The molecule has 1 aliphatic heterocycles. The molecule has 0 radical (unpaired) electrons. The molecule has 5 heteroatoms. The van der Waals surface area contributed by atoms with E-state index in [1.165, 1.54) is 0 Å². The van der Waals surface area contributed by atoms with Gasteiger partial charge in [0.2, 0.25) is 5.91 Å². The van der Waals surface area contributed by atoms with Crippen molar-refractivity contribution >= 4 is 11.6 Å². The van der Waals surface area contributed by atoms with E-state index in [-0.39, 0.29) is 5.91 Å². The topological polar surface area (TPSA) is 65.4 Å². The number of ether oxygens (including phenoxy) is 1. The Morgan fingerprint density at radius 2 is 2.21 bits per heavy atom. The number of carbonyl (C=O) groups excluding carboxylic acids is 1. The second-order valence-corrected chi connectivity index (χ2v) is 4.36. The lowest BCUT2D eigenvalue weighted by molar-refractivity contribution is -0.134. The third-order valence-electron chi connectivity index (χ3n) is 3.02. The highest BCUT2D eigenvalue weighted by Crippen LogP contribution is 2.10. The number of nitriles is 1. The molecule has 1 saturated heterocycles. The summed E-state index contributed by atoms with van der Waals surface area (Å²) in [5, 5.41) is 12.0. The summed E-state index contributed by atoms with van der Waals surface area (Å²) in [5.41, 5.74) is 1.48. The van der Waals surface area contributed by atoms with Crippen molar-refractivity contribution in [3.05, 3.63) is 29.8 Å². The Morgan fingerprint density at radius 1 is 1.42 bits per heavy atom. The van der Waals surface area contributed by atoms with Crippen LogP contribution in [0.2, 0.25) is 0 Å². The van der Waals surface area contributed by atoms with Gasteiger partial charge >= 0.3 is 0 Å². The normalized spacial score (nSPS) is 14.8. The SMILES string of the molecule is N#Cc1cccc(NCCC(=O)N2CCOCC2)c1. The van der Waals surface area contributed by atoms with Gasteiger partial charge in [0.05, 0.1) is 24.8 Å². The van der Waals surface area contributed by atoms with Crippen LogP contribution >= 0.6 is 0 Å². The van der Waals surface area contributed by atoms with Gasteiger partial charge in [0.1, 0.15) is 0 Å². The van der Waals surface area contributed by atoms with Crippen LogP contribution in [0.4, 0.5) is 5.69 Å². The number of rotatable bonds is 4. The third-order valence-corrected chi connectivity index (χ3v) is 3.02. The van der Waals surface area contributed by atoms with Gasteiger partial charge in [0.15, 0.2) is 0 Å². The van der Waals surface area contributed by atoms with E-state index in [0.29, 0.717) is 44.8 Å². The molecule has 1 aromatic carbocycles. The fraction of sp³-hybridized carbons (Fsp3) is 0.429. The molecule has 0 atom stereocenters. The number of hydrogen-bond acceptors (Lipinski definition) is 4. The largest absolute Gasteiger partial charge is 0.384 e. The highest BCUT2D eigenvalue weighted by Gasteiger charge is 2.15. The molecule has 0 bridgehead atoms. The van der Waals surface area contributed by atoms with Crippen LogP contribution in [0, 0.1) is 11.3 Å². The van der Waals surface area contributed by atoms with E-state index in [0.717, 1.165) is 5.69 Å². The third kappa shape index (κ3) is 3.97. The summed E-state index contributed by atoms with van der Waals surface area (Å²) in [4.78, 5) is 13.7. The molecule has 100 valence electrons. The van der Waals surface area contributed by atoms with Crippen LogP contribution in [-0.2, 0) is 9.53 Å². The van der Waals surface area contributed by atoms with Gasteiger partial charge in [-0.2, -0.15) is 5.26 Å². The molecule has 1 aliphatic rings. The lowest BCUT2D eigenvalue weighted by atomic mass is 10.2. The highest BCUT2D eigenvalue weighted by atomic mass is 16.5. The van der Waals surface area contributed by atoms with Crippen molar-refractivity contribution in [3.63, 3.8) is 0 Å². The Kier molecular flexibility index (Phi) is 4.76. The second-order valence-electron chi connectivity index (χ2n) is 4.36. The van der Waals surface area contributed by atoms with Crippen LogP contribution in [-0.4, -0.2) is 43.7 Å². The van der Waals surface area contributed by atoms with Crippen molar-refractivity contribution in [2.45, 2.75) is 6.42 Å². The monoisotopic (exact) mass is 259 g/mol. The molecule has 0 aromatic heterocycles. The van der Waals surface area contributed by atoms with Crippen molar-refractivity contribution in [2.24, 2.45) is 0 Å². The van der Waals surface area contributed by atoms with Crippen LogP contribution in [0.5, 0.6) is 0 Å². The maximum absolute atomic E-state index is 11.9. The van der Waals surface area contributed by atoms with Gasteiger partial charge in [-0.15, -0.1) is 0 Å². The van der Waals surface area contributed by atoms with Gasteiger partial charge in [0.25, 0.3) is 0 Å². The number of carbonyl (C=O) groups is 1. The molecule has 1 N–H and O–H groups in total. The van der Waals surface area contributed by atoms with Crippen molar-refractivity contribution in [1.29, 1.82) is 5.26 Å². The molecule has 1 amide bonds. The van der Waals surface area contributed by atoms with Crippen molar-refractivity contribution in [3.8, 4) is 6.07 Å². The summed E-state index contributed by atoms with van der Waals surface area (Å²) in [6.07, 6.45) is 0.455. The lowest BCUT2D eigenvalue weighted by Gasteiger charge is -2.26. The van der Waals surface area contributed by atoms with Gasteiger partial charge in [-0.05, 0) is 18.2 Å². The summed E-state index contributed by atoms with van der Waals surface area (Å²) >= 11 is 0. The van der Waals surface area contributed by atoms with Crippen molar-refractivity contribution in [2.75, 3.05) is 38.2 Å². The molecular weight excluding hydrogens is 242 g/mol. The molecule has 0 spiro atoms. The van der Waals surface area contributed by atoms with Gasteiger partial charge in [-0.1, -0.05) is 6.07 Å². The van der Waals surface area contributed by atoms with Gasteiger partial charge in [0, 0.05) is 31.7 Å². The molecular formula is C14H17N3O2. The molecule has 19 heavy (non-hydrogen) atoms. The average molecular weight is 259 g/mol. The van der Waals surface area contributed by atoms with Crippen LogP contribution in [0.1, 0.15) is 12.0 Å². The highest BCUT2D eigenvalue weighted by molar-refractivity contribution is 5.76. The number of nitrogens with one attached hydrogen (secondary N) is 1. The molecule has 1 heterocycles. The number of benzene rings is 1. The maximum Gasteiger partial charge on any atom is 0.224 e. The predicted molar refractivity (Wildman–Crippen MR) is 71.7 cm³/mol. The summed E-state index contributed by atoms with van der Waals surface area (Å²) in [6.45, 7) is 3.20. The van der Waals surface area contributed by atoms with Gasteiger partial charge in [-0.25, -0.2) is 0 Å². The first-order valence-electron chi connectivity index (χ1n) is 6.39. The smallest absolute Gasteiger partial charge is 0.224 e. The molecule has 1 aromatic rings. The van der Waals surface area contributed by atoms with Crippen molar-refractivity contribution < 1.29 is 9.53 Å². The van der Waals surface area contributed by atoms with Crippen molar-refractivity contribution in [1.82, 2.24) is 4.90 Å². The number of amides is 1. The molecule has 1 fully saturated rings. The minimum Gasteiger partial charge on any atom is -0.384 e. The standard InChI is InChI=1S/C14H17N3O2/c15-11-12-2-1-3-13(10-12)16-5-4-14(18)17-6-8-19-9-7-17/h1-3,10,16H,4-9H2. The molecule has 0 saturated carbocycles. The predicted octanol–water partition coefficient (Wildman–Crippen LogP) is 1.22. The maximum atomic E-state index is 11.9. The first kappa shape index (κ1) is 13.4. The molecule has 0 aliphatic carbocycles. The summed E-state index contributed by atoms with van der Waals surface area (Å²) in [6, 6.07) is 9.33. The summed E-state index contributed by atoms with van der Waals surface area (Å²) < 4.78 is 5.21. The quantitative estimate of drug-likeness (QED) is 0.883. The van der Waals surface area contributed by atoms with E-state index in [2.05, 4.69) is 11.4 Å². The Labute approximate surface area is 112 Å². The van der Waals surface area contributed by atoms with E-state index in [4.69, 9.17) is 10.00 Å². The number of anilines is 1. The molecule has 2 rings (SSSR count). The minimum atomic E-state index is 0.146. The van der Waals surface area contributed by atoms with E-state index >= 15 is 0 Å². The van der Waals surface area contributed by atoms with E-state index in [1.807, 2.05) is 17.0 Å². The van der Waals surface area contributed by atoms with E-state index in [1.54, 1.807) is 12.1 Å². The fourth-order valence-corrected chi connectivity index (χ4v) is 1.98. The number of nitrogens with zero attached hydrogens (tertiary/aromatic N) is 2. The Morgan fingerprint density at radius 3 is 2.95 bits per heavy atom. The second kappa shape index (κ2) is 6.76. The van der Waals surface area contributed by atoms with Gasteiger partial charge in [-0.3, -0.25) is 4.79 Å². The first-order chi connectivity index (χ1) is 9.29. The van der Waals surface area contributed by atoms with Crippen LogP contribution in [0.15, 0.2) is 24.3 Å². The molecule has 5 nitrogen and oxygen atoms in total. The Balaban J connectivity index is 1.76. The summed E-state index contributed by atoms with van der Waals surface area (Å²) in [5.74, 6) is 0.146. The number of morpholine rings is 1. The van der Waals surface area contributed by atoms with Crippen LogP contribution < -0.4 is 5.32 Å². The van der Waals surface area contributed by atoms with Crippen LogP contribution in [0.25, 0.3) is 0 Å². The Bertz CT molecular complexity index is 476. The fourth-order valence-electron chi connectivity index (χ4n) is 1.98. The van der Waals surface area contributed by atoms with Gasteiger partial charge < -0.3 is 15.0 Å². The zero-order valence-electron chi connectivity index (χ0n) is 10.8.